The minimum atomic E-state index is -1.33. The van der Waals surface area contributed by atoms with Gasteiger partial charge in [0.1, 0.15) is 5.82 Å². The van der Waals surface area contributed by atoms with Gasteiger partial charge in [0.2, 0.25) is 11.8 Å². The number of carbonyl (C=O) groups is 2. The molecule has 1 aliphatic carbocycles. The van der Waals surface area contributed by atoms with E-state index in [0.717, 1.165) is 15.5 Å². The number of benzene rings is 2. The second kappa shape index (κ2) is 8.44. The van der Waals surface area contributed by atoms with Crippen molar-refractivity contribution in [3.8, 4) is 11.5 Å². The number of amides is 2. The molecule has 0 bridgehead atoms. The first kappa shape index (κ1) is 25.2. The number of phenols is 1. The number of nitrogens with zero attached hydrogens (tertiary/aromatic N) is 4. The van der Waals surface area contributed by atoms with Gasteiger partial charge in [0.05, 0.1) is 41.7 Å². The van der Waals surface area contributed by atoms with E-state index in [1.807, 2.05) is 6.08 Å². The van der Waals surface area contributed by atoms with Gasteiger partial charge in [-0.05, 0) is 54.8 Å². The van der Waals surface area contributed by atoms with Crippen LogP contribution in [-0.2, 0) is 23.2 Å². The first-order valence-electron chi connectivity index (χ1n) is 12.3. The second-order valence-corrected chi connectivity index (χ2v) is 10.7. The molecule has 1 saturated heterocycles. The van der Waals surface area contributed by atoms with Crippen molar-refractivity contribution in [3.63, 3.8) is 0 Å². The molecule has 202 valence electrons. The largest absolute Gasteiger partial charge is 0.504 e. The van der Waals surface area contributed by atoms with Crippen molar-refractivity contribution in [3.05, 3.63) is 85.4 Å². The molecule has 0 unspecified atom stereocenters. The maximum Gasteiger partial charge on any atom is 0.347 e. The summed E-state index contributed by atoms with van der Waals surface area (Å²) in [6.45, 7) is 1.79. The number of aromatic nitrogens is 3. The molecule has 3 aromatic rings. The smallest absolute Gasteiger partial charge is 0.347 e. The van der Waals surface area contributed by atoms with Gasteiger partial charge >= 0.3 is 11.4 Å². The van der Waals surface area contributed by atoms with Crippen LogP contribution < -0.4 is 21.0 Å². The van der Waals surface area contributed by atoms with Crippen LogP contribution in [0.1, 0.15) is 30.9 Å². The number of ether oxygens (including phenoxy) is 1. The Morgan fingerprint density at radius 2 is 1.85 bits per heavy atom. The minimum Gasteiger partial charge on any atom is -0.504 e. The molecule has 12 heteroatoms. The van der Waals surface area contributed by atoms with Crippen molar-refractivity contribution in [2.75, 3.05) is 12.0 Å². The number of imide groups is 1. The predicted octanol–water partition coefficient (Wildman–Crippen LogP) is 2.72. The monoisotopic (exact) mass is 554 g/mol. The third-order valence-electron chi connectivity index (χ3n) is 8.43. The van der Waals surface area contributed by atoms with Gasteiger partial charge in [-0.2, -0.15) is 0 Å². The molecule has 2 amide bonds. The van der Waals surface area contributed by atoms with Crippen LogP contribution in [0.3, 0.4) is 0 Å². The van der Waals surface area contributed by atoms with Crippen LogP contribution in [-0.4, -0.2) is 38.0 Å². The van der Waals surface area contributed by atoms with E-state index in [-0.39, 0.29) is 35.2 Å². The van der Waals surface area contributed by atoms with Crippen molar-refractivity contribution in [2.24, 2.45) is 18.4 Å². The van der Waals surface area contributed by atoms with Crippen molar-refractivity contribution >= 4 is 29.1 Å². The number of anilines is 1. The summed E-state index contributed by atoms with van der Waals surface area (Å²) in [6, 6.07) is 7.70. The summed E-state index contributed by atoms with van der Waals surface area (Å²) in [6.07, 6.45) is 1.90. The number of hydrogen-bond acceptors (Lipinski definition) is 6. The Hall–Kier alpha value is -4.12. The van der Waals surface area contributed by atoms with Gasteiger partial charge in [-0.25, -0.2) is 32.8 Å². The fraction of sp³-hybridized carbons (Fsp3) is 0.333. The average Bonchev–Trinajstić information content (AvgIpc) is 3.25. The molecule has 3 aliphatic rings. The van der Waals surface area contributed by atoms with Crippen LogP contribution in [0.5, 0.6) is 11.5 Å². The third-order valence-corrected chi connectivity index (χ3v) is 8.72. The fourth-order valence-corrected chi connectivity index (χ4v) is 6.70. The van der Waals surface area contributed by atoms with Gasteiger partial charge in [-0.15, -0.1) is 0 Å². The van der Waals surface area contributed by atoms with Crippen LogP contribution in [0.4, 0.5) is 10.1 Å². The first-order chi connectivity index (χ1) is 18.5. The van der Waals surface area contributed by atoms with Gasteiger partial charge < -0.3 is 9.84 Å². The number of fused-ring (bicyclic) bond motifs is 4. The maximum atomic E-state index is 14.2. The highest BCUT2D eigenvalue weighted by Crippen LogP contribution is 2.61. The van der Waals surface area contributed by atoms with Crippen molar-refractivity contribution < 1.29 is 23.8 Å². The van der Waals surface area contributed by atoms with Gasteiger partial charge in [-0.1, -0.05) is 23.7 Å². The highest BCUT2D eigenvalue weighted by atomic mass is 35.5. The van der Waals surface area contributed by atoms with Crippen molar-refractivity contribution in [1.29, 1.82) is 0 Å². The first-order valence-corrected chi connectivity index (χ1v) is 12.7. The van der Waals surface area contributed by atoms with E-state index < -0.39 is 52.3 Å². The lowest BCUT2D eigenvalue weighted by Gasteiger charge is -2.47. The Bertz CT molecular complexity index is 1740. The molecule has 0 radical (unpaired) electrons. The van der Waals surface area contributed by atoms with Gasteiger partial charge in [-0.3, -0.25) is 9.59 Å². The quantitative estimate of drug-likeness (QED) is 0.393. The summed E-state index contributed by atoms with van der Waals surface area (Å²) in [7, 11) is 2.80. The summed E-state index contributed by atoms with van der Waals surface area (Å²) >= 11 is 5.99. The molecule has 10 nitrogen and oxygen atoms in total. The van der Waals surface area contributed by atoms with E-state index in [0.29, 0.717) is 11.1 Å². The summed E-state index contributed by atoms with van der Waals surface area (Å²) in [5, 5.41) is 10.4. The number of allylic oxidation sites excluding steroid dienone is 2. The van der Waals surface area contributed by atoms with Gasteiger partial charge in [0, 0.05) is 13.0 Å². The van der Waals surface area contributed by atoms with E-state index in [2.05, 4.69) is 0 Å². The molecule has 4 atom stereocenters. The SMILES string of the molecule is COc1ccc([C@H]2C3=CCn4c(=O)n(C)c(=O)n4[C@@H]3C[C@H]3C(=O)N(c4ccc(F)c(Cl)c4)C(=O)[C@@]23C)cc1O. The summed E-state index contributed by atoms with van der Waals surface area (Å²) in [5.41, 5.74) is -0.993. The van der Waals surface area contributed by atoms with E-state index in [4.69, 9.17) is 16.3 Å². The Balaban J connectivity index is 1.58. The Morgan fingerprint density at radius 3 is 2.51 bits per heavy atom. The van der Waals surface area contributed by atoms with Gasteiger partial charge in [0.25, 0.3) is 0 Å². The lowest BCUT2D eigenvalue weighted by molar-refractivity contribution is -0.129. The zero-order valence-corrected chi connectivity index (χ0v) is 22.0. The van der Waals surface area contributed by atoms with Crippen molar-refractivity contribution in [1.82, 2.24) is 13.9 Å². The zero-order valence-electron chi connectivity index (χ0n) is 21.2. The molecule has 1 aromatic heterocycles. The standard InChI is InChI=1S/C27H24ClFN4O6/c1-27-16(23(35)32(24(27)36)14-5-6-18(29)17(28)11-14)12-19-15(8-9-31-25(37)30(2)26(38)33(19)31)22(27)13-4-7-21(39-3)20(34)10-13/h4-8,10-11,16,19,22,34H,9,12H2,1-3H3/t16-,19+,22-,27+/m0/s1. The number of phenolic OH excluding ortho intramolecular Hbond substituents is 1. The Morgan fingerprint density at radius 1 is 1.10 bits per heavy atom. The highest BCUT2D eigenvalue weighted by molar-refractivity contribution is 6.31. The molecule has 3 heterocycles. The Labute approximate surface area is 226 Å². The minimum absolute atomic E-state index is 0.0837. The summed E-state index contributed by atoms with van der Waals surface area (Å²) < 4.78 is 22.8. The number of aromatic hydroxyl groups is 1. The van der Waals surface area contributed by atoms with Crippen LogP contribution >= 0.6 is 11.6 Å². The fourth-order valence-electron chi connectivity index (χ4n) is 6.52. The molecule has 1 saturated carbocycles. The van der Waals surface area contributed by atoms with Gasteiger partial charge in [0.15, 0.2) is 11.5 Å². The van der Waals surface area contributed by atoms with Crippen molar-refractivity contribution in [2.45, 2.75) is 31.8 Å². The van der Waals surface area contributed by atoms with Crippen LogP contribution in [0, 0.1) is 17.2 Å². The number of carbonyl (C=O) groups excluding carboxylic acids is 2. The van der Waals surface area contributed by atoms with Crippen LogP contribution in [0.15, 0.2) is 57.6 Å². The lowest BCUT2D eigenvalue weighted by Crippen LogP contribution is -2.49. The van der Waals surface area contributed by atoms with E-state index in [9.17, 15) is 28.7 Å². The van der Waals surface area contributed by atoms with E-state index in [1.54, 1.807) is 19.1 Å². The molecule has 2 fully saturated rings. The molecule has 0 spiro atoms. The van der Waals surface area contributed by atoms with Crippen LogP contribution in [0.2, 0.25) is 5.02 Å². The third kappa shape index (κ3) is 3.25. The lowest BCUT2D eigenvalue weighted by atomic mass is 9.56. The molecule has 2 aliphatic heterocycles. The summed E-state index contributed by atoms with van der Waals surface area (Å²) in [4.78, 5) is 55.1. The summed E-state index contributed by atoms with van der Waals surface area (Å²) in [5.74, 6) is -3.28. The molecule has 2 aromatic carbocycles. The molecule has 6 rings (SSSR count). The van der Waals surface area contributed by atoms with E-state index in [1.165, 1.54) is 41.7 Å². The number of halogens is 2. The number of methoxy groups -OCH3 is 1. The second-order valence-electron chi connectivity index (χ2n) is 10.3. The van der Waals surface area contributed by atoms with Crippen LogP contribution in [0.25, 0.3) is 0 Å². The van der Waals surface area contributed by atoms with E-state index >= 15 is 0 Å². The predicted molar refractivity (Wildman–Crippen MR) is 139 cm³/mol. The maximum absolute atomic E-state index is 14.2. The normalized spacial score (nSPS) is 25.7. The molecular formula is C27H24ClFN4O6. The zero-order chi connectivity index (χ0) is 28.0. The topological polar surface area (TPSA) is 116 Å². The Kier molecular flexibility index (Phi) is 5.45. The molecule has 1 N–H and O–H groups in total. The number of hydrogen-bond donors (Lipinski definition) is 1. The molecule has 39 heavy (non-hydrogen) atoms. The average molecular weight is 555 g/mol. The highest BCUT2D eigenvalue weighted by Gasteiger charge is 2.65. The molecular weight excluding hydrogens is 531 g/mol. The number of rotatable bonds is 3.